The maximum Gasteiger partial charge on any atom is 0.222 e. The minimum absolute atomic E-state index is 0.0631. The summed E-state index contributed by atoms with van der Waals surface area (Å²) in [5, 5.41) is 21.3. The zero-order valence-corrected chi connectivity index (χ0v) is 16.4. The van der Waals surface area contributed by atoms with Gasteiger partial charge < -0.3 is 20.4 Å². The predicted octanol–water partition coefficient (Wildman–Crippen LogP) is 3.22. The molecule has 2 fully saturated rings. The number of phenols is 1. The van der Waals surface area contributed by atoms with Crippen LogP contribution in [0, 0.1) is 11.3 Å². The average molecular weight is 389 g/mol. The molecule has 1 aromatic rings. The van der Waals surface area contributed by atoms with Gasteiger partial charge in [-0.05, 0) is 36.4 Å². The van der Waals surface area contributed by atoms with E-state index in [-0.39, 0.29) is 29.0 Å². The van der Waals surface area contributed by atoms with Crippen LogP contribution in [0.15, 0.2) is 12.1 Å². The minimum Gasteiger partial charge on any atom is -0.508 e. The average Bonchev–Trinajstić information content (AvgIpc) is 2.99. The van der Waals surface area contributed by atoms with Crippen LogP contribution in [0.5, 0.6) is 5.75 Å². The number of benzene rings is 1. The van der Waals surface area contributed by atoms with E-state index in [1.807, 2.05) is 4.90 Å². The predicted molar refractivity (Wildman–Crippen MR) is 100 cm³/mol. The van der Waals surface area contributed by atoms with E-state index in [1.54, 1.807) is 12.1 Å². The smallest absolute Gasteiger partial charge is 0.222 e. The highest BCUT2D eigenvalue weighted by Gasteiger charge is 2.38. The van der Waals surface area contributed by atoms with Gasteiger partial charge in [0.1, 0.15) is 5.75 Å². The molecule has 2 saturated heterocycles. The number of halogens is 2. The second-order valence-electron chi connectivity index (χ2n) is 7.47. The Kier molecular flexibility index (Phi) is 6.60. The highest BCUT2D eigenvalue weighted by atomic mass is 35.5. The van der Waals surface area contributed by atoms with Crippen molar-refractivity contribution >= 4 is 29.1 Å². The van der Waals surface area contributed by atoms with Gasteiger partial charge in [0.15, 0.2) is 0 Å². The molecule has 2 aliphatic rings. The molecule has 1 amide bonds. The van der Waals surface area contributed by atoms with Crippen molar-refractivity contribution in [1.29, 1.82) is 0 Å². The van der Waals surface area contributed by atoms with Crippen LogP contribution >= 0.6 is 23.2 Å². The first-order valence-corrected chi connectivity index (χ1v) is 9.15. The second-order valence-corrected chi connectivity index (χ2v) is 8.26. The number of aliphatic hydroxyl groups is 1. The molecule has 2 heterocycles. The monoisotopic (exact) mass is 388 g/mol. The lowest BCUT2D eigenvalue weighted by Gasteiger charge is -2.46. The van der Waals surface area contributed by atoms with Crippen molar-refractivity contribution in [3.05, 3.63) is 27.7 Å². The van der Waals surface area contributed by atoms with Crippen LogP contribution in [0.25, 0.3) is 0 Å². The molecule has 140 valence electrons. The molecule has 25 heavy (non-hydrogen) atoms. The fourth-order valence-electron chi connectivity index (χ4n) is 3.61. The number of nitrogens with zero attached hydrogens (tertiary/aromatic N) is 1. The lowest BCUT2D eigenvalue weighted by molar-refractivity contribution is -0.142. The summed E-state index contributed by atoms with van der Waals surface area (Å²) in [4.78, 5) is 14.2. The molecule has 2 aliphatic heterocycles. The summed E-state index contributed by atoms with van der Waals surface area (Å²) in [5.74, 6) is 0.622. The number of rotatable bonds is 3. The molecule has 2 atom stereocenters. The summed E-state index contributed by atoms with van der Waals surface area (Å²) < 4.78 is 0. The molecular formula is C18H26Cl2N2O3. The van der Waals surface area contributed by atoms with Crippen molar-refractivity contribution in [3.63, 3.8) is 0 Å². The van der Waals surface area contributed by atoms with Gasteiger partial charge in [-0.2, -0.15) is 0 Å². The van der Waals surface area contributed by atoms with Crippen molar-refractivity contribution in [3.8, 4) is 5.75 Å². The Morgan fingerprint density at radius 2 is 1.96 bits per heavy atom. The van der Waals surface area contributed by atoms with Crippen molar-refractivity contribution < 1.29 is 15.0 Å². The van der Waals surface area contributed by atoms with Gasteiger partial charge in [-0.15, -0.1) is 0 Å². The van der Waals surface area contributed by atoms with Crippen LogP contribution in [0.1, 0.15) is 38.3 Å². The second kappa shape index (κ2) is 8.12. The largest absolute Gasteiger partial charge is 0.508 e. The van der Waals surface area contributed by atoms with Gasteiger partial charge in [-0.1, -0.05) is 37.0 Å². The molecule has 0 radical (unpaired) electrons. The SMILES string of the molecule is CC1(C)CN(C(=O)CC2CNC(c3c(O)ccc(Cl)c3Cl)C2)C1.CO. The maximum atomic E-state index is 12.3. The van der Waals surface area contributed by atoms with Crippen LogP contribution in [-0.4, -0.2) is 47.8 Å². The first-order chi connectivity index (χ1) is 11.8. The number of hydrogen-bond donors (Lipinski definition) is 3. The number of aliphatic hydroxyl groups excluding tert-OH is 1. The number of hydrogen-bond acceptors (Lipinski definition) is 4. The van der Waals surface area contributed by atoms with Gasteiger partial charge in [0.25, 0.3) is 0 Å². The van der Waals surface area contributed by atoms with Crippen LogP contribution in [0.4, 0.5) is 0 Å². The Morgan fingerprint density at radius 3 is 2.56 bits per heavy atom. The third-order valence-corrected chi connectivity index (χ3v) is 5.55. The Bertz CT molecular complexity index is 629. The molecule has 0 bridgehead atoms. The van der Waals surface area contributed by atoms with Gasteiger partial charge in [0.05, 0.1) is 10.0 Å². The number of phenolic OH excluding ortho intramolecular Hbond substituents is 1. The molecule has 0 aliphatic carbocycles. The van der Waals surface area contributed by atoms with Crippen LogP contribution < -0.4 is 5.32 Å². The highest BCUT2D eigenvalue weighted by molar-refractivity contribution is 6.42. The number of likely N-dealkylation sites (tertiary alicyclic amines) is 1. The number of nitrogens with one attached hydrogen (secondary N) is 1. The molecular weight excluding hydrogens is 363 g/mol. The van der Waals surface area contributed by atoms with Crippen molar-refractivity contribution in [2.75, 3.05) is 26.7 Å². The molecule has 5 nitrogen and oxygen atoms in total. The Hall–Kier alpha value is -1.01. The van der Waals surface area contributed by atoms with Gasteiger partial charge in [0.2, 0.25) is 5.91 Å². The van der Waals surface area contributed by atoms with E-state index in [2.05, 4.69) is 19.2 Å². The zero-order valence-electron chi connectivity index (χ0n) is 14.9. The van der Waals surface area contributed by atoms with E-state index in [4.69, 9.17) is 28.3 Å². The number of amides is 1. The summed E-state index contributed by atoms with van der Waals surface area (Å²) in [7, 11) is 1.00. The number of carbonyl (C=O) groups excluding carboxylic acids is 1. The zero-order chi connectivity index (χ0) is 18.8. The minimum atomic E-state index is -0.0631. The van der Waals surface area contributed by atoms with E-state index in [0.29, 0.717) is 22.0 Å². The lowest BCUT2D eigenvalue weighted by atomic mass is 9.83. The van der Waals surface area contributed by atoms with Gasteiger partial charge in [-0.3, -0.25) is 4.79 Å². The number of carbonyl (C=O) groups is 1. The third kappa shape index (κ3) is 4.59. The van der Waals surface area contributed by atoms with Crippen LogP contribution in [-0.2, 0) is 4.79 Å². The van der Waals surface area contributed by atoms with Gasteiger partial charge in [-0.25, -0.2) is 0 Å². The number of aromatic hydroxyl groups is 1. The van der Waals surface area contributed by atoms with E-state index in [9.17, 15) is 9.90 Å². The fraction of sp³-hybridized carbons (Fsp3) is 0.611. The van der Waals surface area contributed by atoms with Gasteiger partial charge in [0, 0.05) is 38.2 Å². The summed E-state index contributed by atoms with van der Waals surface area (Å²) in [5.41, 5.74) is 0.894. The van der Waals surface area contributed by atoms with Crippen LogP contribution in [0.2, 0.25) is 10.0 Å². The fourth-order valence-corrected chi connectivity index (χ4v) is 4.07. The Balaban J connectivity index is 0.00000109. The molecule has 0 aromatic heterocycles. The molecule has 2 unspecified atom stereocenters. The van der Waals surface area contributed by atoms with Crippen molar-refractivity contribution in [2.24, 2.45) is 11.3 Å². The van der Waals surface area contributed by atoms with E-state index in [0.717, 1.165) is 33.2 Å². The molecule has 7 heteroatoms. The molecule has 0 saturated carbocycles. The summed E-state index contributed by atoms with van der Waals surface area (Å²) in [6.07, 6.45) is 1.31. The van der Waals surface area contributed by atoms with E-state index >= 15 is 0 Å². The normalized spacial score (nSPS) is 24.3. The molecule has 3 N–H and O–H groups in total. The third-order valence-electron chi connectivity index (χ3n) is 4.73. The summed E-state index contributed by atoms with van der Waals surface area (Å²) >= 11 is 12.3. The maximum absolute atomic E-state index is 12.3. The van der Waals surface area contributed by atoms with Crippen molar-refractivity contribution in [2.45, 2.75) is 32.7 Å². The quantitative estimate of drug-likeness (QED) is 0.742. The molecule has 3 rings (SSSR count). The first kappa shape index (κ1) is 20.3. The first-order valence-electron chi connectivity index (χ1n) is 8.39. The Morgan fingerprint density at radius 1 is 1.32 bits per heavy atom. The highest BCUT2D eigenvalue weighted by Crippen LogP contribution is 2.41. The topological polar surface area (TPSA) is 72.8 Å². The summed E-state index contributed by atoms with van der Waals surface area (Å²) in [6, 6.07) is 3.09. The van der Waals surface area contributed by atoms with E-state index in [1.165, 1.54) is 0 Å². The standard InChI is InChI=1S/C17H22Cl2N2O2.CH4O/c1-17(2)8-21(9-17)14(23)6-10-5-12(20-7-10)15-13(22)4-3-11(18)16(15)19;1-2/h3-4,10,12,20,22H,5-9H2,1-2H3;2H,1H3. The summed E-state index contributed by atoms with van der Waals surface area (Å²) in [6.45, 7) is 6.78. The van der Waals surface area contributed by atoms with E-state index < -0.39 is 0 Å². The molecule has 1 aromatic carbocycles. The van der Waals surface area contributed by atoms with Crippen LogP contribution in [0.3, 0.4) is 0 Å². The Labute approximate surface area is 158 Å². The van der Waals surface area contributed by atoms with Crippen molar-refractivity contribution in [1.82, 2.24) is 10.2 Å². The lowest BCUT2D eigenvalue weighted by Crippen LogP contribution is -2.55. The molecule has 0 spiro atoms. The van der Waals surface area contributed by atoms with Gasteiger partial charge >= 0.3 is 0 Å².